The van der Waals surface area contributed by atoms with Gasteiger partial charge in [-0.05, 0) is 36.6 Å². The summed E-state index contributed by atoms with van der Waals surface area (Å²) in [4.78, 5) is 34.9. The number of methoxy groups -OCH3 is 1. The molecule has 0 aliphatic carbocycles. The molecule has 1 saturated heterocycles. The molecule has 5 N–H and O–H groups in total. The summed E-state index contributed by atoms with van der Waals surface area (Å²) in [5.74, 6) is 0.518. The monoisotopic (exact) mass is 547 g/mol. The van der Waals surface area contributed by atoms with E-state index in [4.69, 9.17) is 27.5 Å². The Morgan fingerprint density at radius 1 is 1.26 bits per heavy atom. The van der Waals surface area contributed by atoms with Crippen molar-refractivity contribution in [1.82, 2.24) is 20.2 Å². The molecule has 2 aromatic carbocycles. The lowest BCUT2D eigenvalue weighted by atomic mass is 10.0. The minimum atomic E-state index is -0.313. The van der Waals surface area contributed by atoms with Crippen molar-refractivity contribution in [3.05, 3.63) is 88.7 Å². The number of nitrogens with two attached hydrogens (primary N) is 1. The molecule has 202 valence electrons. The first-order valence-electron chi connectivity index (χ1n) is 12.4. The Bertz CT molecular complexity index is 1390. The fraction of sp³-hybridized carbons (Fsp3) is 0.250. The lowest BCUT2D eigenvalue weighted by molar-refractivity contribution is -0.127. The number of nitrogen functional groups attached to an aromatic ring is 1. The van der Waals surface area contributed by atoms with Gasteiger partial charge in [-0.25, -0.2) is 9.97 Å². The molecule has 39 heavy (non-hydrogen) atoms. The second-order valence-electron chi connectivity index (χ2n) is 9.03. The van der Waals surface area contributed by atoms with Crippen LogP contribution in [0.2, 0.25) is 5.02 Å². The van der Waals surface area contributed by atoms with Crippen molar-refractivity contribution in [3.8, 4) is 5.75 Å². The van der Waals surface area contributed by atoms with Crippen molar-refractivity contribution in [2.75, 3.05) is 31.2 Å². The third-order valence-corrected chi connectivity index (χ3v) is 6.78. The van der Waals surface area contributed by atoms with Crippen LogP contribution in [0, 0.1) is 5.41 Å². The fourth-order valence-electron chi connectivity index (χ4n) is 4.48. The number of anilines is 2. The molecule has 0 spiro atoms. The first kappa shape index (κ1) is 27.6. The molecular formula is C28H30ClN7O3. The van der Waals surface area contributed by atoms with Gasteiger partial charge >= 0.3 is 0 Å². The van der Waals surface area contributed by atoms with Gasteiger partial charge in [-0.2, -0.15) is 0 Å². The third-order valence-electron chi connectivity index (χ3n) is 6.49. The molecule has 2 heterocycles. The molecule has 10 nitrogen and oxygen atoms in total. The number of carbonyl (C=O) groups is 2. The number of likely N-dealkylation sites (tertiary alicyclic amines) is 1. The van der Waals surface area contributed by atoms with Gasteiger partial charge in [0.15, 0.2) is 0 Å². The van der Waals surface area contributed by atoms with E-state index in [1.54, 1.807) is 35.2 Å². The minimum absolute atomic E-state index is 0.0485. The molecule has 1 aliphatic heterocycles. The molecule has 1 aliphatic rings. The van der Waals surface area contributed by atoms with Crippen LogP contribution in [-0.2, 0) is 11.3 Å². The summed E-state index contributed by atoms with van der Waals surface area (Å²) in [6.07, 6.45) is 4.35. The fourth-order valence-corrected chi connectivity index (χ4v) is 4.73. The number of amides is 2. The molecule has 2 amide bonds. The SMILES string of the molecule is C=CC(=O)N1CCCC(Nc2ncnc(N)c2C(=N)c2ccc(CNC(=O)c3cccc(Cl)c3OC)cc2)C1. The summed E-state index contributed by atoms with van der Waals surface area (Å²) in [6, 6.07) is 12.2. The van der Waals surface area contributed by atoms with Gasteiger partial charge in [-0.15, -0.1) is 0 Å². The third kappa shape index (κ3) is 6.35. The van der Waals surface area contributed by atoms with Gasteiger partial charge in [-0.3, -0.25) is 15.0 Å². The van der Waals surface area contributed by atoms with Gasteiger partial charge in [0.1, 0.15) is 23.7 Å². The van der Waals surface area contributed by atoms with E-state index in [9.17, 15) is 9.59 Å². The van der Waals surface area contributed by atoms with Crippen LogP contribution in [0.1, 0.15) is 39.9 Å². The predicted molar refractivity (Wildman–Crippen MR) is 151 cm³/mol. The van der Waals surface area contributed by atoms with Gasteiger partial charge in [0.25, 0.3) is 5.91 Å². The van der Waals surface area contributed by atoms with Crippen LogP contribution in [0.5, 0.6) is 5.75 Å². The molecule has 4 rings (SSSR count). The highest BCUT2D eigenvalue weighted by molar-refractivity contribution is 6.32. The topological polar surface area (TPSA) is 146 Å². The van der Waals surface area contributed by atoms with Crippen molar-refractivity contribution in [2.24, 2.45) is 0 Å². The molecule has 11 heteroatoms. The number of benzene rings is 2. The van der Waals surface area contributed by atoms with E-state index >= 15 is 0 Å². The first-order valence-corrected chi connectivity index (χ1v) is 12.8. The average Bonchev–Trinajstić information content (AvgIpc) is 2.95. The van der Waals surface area contributed by atoms with E-state index in [-0.39, 0.29) is 35.9 Å². The van der Waals surface area contributed by atoms with Gasteiger partial charge in [0.05, 0.1) is 29.0 Å². The van der Waals surface area contributed by atoms with Crippen LogP contribution in [0.3, 0.4) is 0 Å². The van der Waals surface area contributed by atoms with Crippen molar-refractivity contribution >= 4 is 40.8 Å². The summed E-state index contributed by atoms with van der Waals surface area (Å²) in [5.41, 5.74) is 8.52. The van der Waals surface area contributed by atoms with Gasteiger partial charge in [-0.1, -0.05) is 48.5 Å². The quantitative estimate of drug-likeness (QED) is 0.236. The number of piperidine rings is 1. The molecule has 3 aromatic rings. The lowest BCUT2D eigenvalue weighted by Gasteiger charge is -2.33. The van der Waals surface area contributed by atoms with Crippen LogP contribution in [0.4, 0.5) is 11.6 Å². The minimum Gasteiger partial charge on any atom is -0.494 e. The summed E-state index contributed by atoms with van der Waals surface area (Å²) in [7, 11) is 1.46. The van der Waals surface area contributed by atoms with E-state index in [2.05, 4.69) is 27.2 Å². The number of para-hydroxylation sites is 1. The molecule has 1 aromatic heterocycles. The van der Waals surface area contributed by atoms with E-state index < -0.39 is 0 Å². The Hall–Kier alpha value is -4.44. The molecular weight excluding hydrogens is 518 g/mol. The van der Waals surface area contributed by atoms with Crippen LogP contribution in [0.25, 0.3) is 0 Å². The number of nitrogens with zero attached hydrogens (tertiary/aromatic N) is 3. The highest BCUT2D eigenvalue weighted by Gasteiger charge is 2.25. The maximum Gasteiger partial charge on any atom is 0.255 e. The average molecular weight is 548 g/mol. The van der Waals surface area contributed by atoms with Crippen molar-refractivity contribution < 1.29 is 14.3 Å². The second-order valence-corrected chi connectivity index (χ2v) is 9.44. The smallest absolute Gasteiger partial charge is 0.255 e. The maximum absolute atomic E-state index is 12.7. The molecule has 1 fully saturated rings. The summed E-state index contributed by atoms with van der Waals surface area (Å²) < 4.78 is 5.26. The Kier molecular flexibility index (Phi) is 8.77. The van der Waals surface area contributed by atoms with E-state index in [0.717, 1.165) is 18.4 Å². The number of aromatic nitrogens is 2. The van der Waals surface area contributed by atoms with Crippen LogP contribution < -0.4 is 21.1 Å². The molecule has 1 atom stereocenters. The van der Waals surface area contributed by atoms with E-state index in [1.807, 2.05) is 12.1 Å². The summed E-state index contributed by atoms with van der Waals surface area (Å²) >= 11 is 6.12. The van der Waals surface area contributed by atoms with Crippen LogP contribution in [0.15, 0.2) is 61.4 Å². The number of rotatable bonds is 9. The summed E-state index contributed by atoms with van der Waals surface area (Å²) in [6.45, 7) is 5.02. The zero-order chi connectivity index (χ0) is 27.9. The molecule has 0 bridgehead atoms. The predicted octanol–water partition coefficient (Wildman–Crippen LogP) is 3.66. The Labute approximate surface area is 231 Å². The Morgan fingerprint density at radius 2 is 2.03 bits per heavy atom. The number of ether oxygens (including phenoxy) is 1. The highest BCUT2D eigenvalue weighted by Crippen LogP contribution is 2.28. The Balaban J connectivity index is 1.45. The highest BCUT2D eigenvalue weighted by atomic mass is 35.5. The number of halogens is 1. The van der Waals surface area contributed by atoms with E-state index in [1.165, 1.54) is 19.5 Å². The maximum atomic E-state index is 12.7. The molecule has 0 saturated carbocycles. The van der Waals surface area contributed by atoms with Gasteiger partial charge in [0, 0.05) is 31.2 Å². The first-order chi connectivity index (χ1) is 18.8. The normalized spacial score (nSPS) is 14.8. The largest absolute Gasteiger partial charge is 0.494 e. The number of hydrogen-bond acceptors (Lipinski definition) is 8. The van der Waals surface area contributed by atoms with Gasteiger partial charge < -0.3 is 26.0 Å². The lowest BCUT2D eigenvalue weighted by Crippen LogP contribution is -2.44. The van der Waals surface area contributed by atoms with Crippen molar-refractivity contribution in [3.63, 3.8) is 0 Å². The zero-order valence-electron chi connectivity index (χ0n) is 21.5. The number of carbonyl (C=O) groups excluding carboxylic acids is 2. The molecule has 0 radical (unpaired) electrons. The van der Waals surface area contributed by atoms with E-state index in [0.29, 0.717) is 46.4 Å². The summed E-state index contributed by atoms with van der Waals surface area (Å²) in [5, 5.41) is 15.4. The van der Waals surface area contributed by atoms with Crippen molar-refractivity contribution in [2.45, 2.75) is 25.4 Å². The Morgan fingerprint density at radius 3 is 2.74 bits per heavy atom. The number of hydrogen-bond donors (Lipinski definition) is 4. The van der Waals surface area contributed by atoms with Gasteiger partial charge in [0.2, 0.25) is 5.91 Å². The molecule has 1 unspecified atom stereocenters. The van der Waals surface area contributed by atoms with Crippen LogP contribution >= 0.6 is 11.6 Å². The standard InChI is InChI=1S/C28H30ClN7O3/c1-3-22(37)36-13-5-6-19(15-36)35-27-23(26(31)33-16-34-27)24(30)18-11-9-17(10-12-18)14-32-28(38)20-7-4-8-21(29)25(20)39-2/h3-4,7-12,16,19,30H,1,5-6,13-15H2,2H3,(H,32,38)(H3,31,33,34,35). The number of nitrogens with one attached hydrogen (secondary N) is 3. The van der Waals surface area contributed by atoms with Crippen molar-refractivity contribution in [1.29, 1.82) is 5.41 Å². The zero-order valence-corrected chi connectivity index (χ0v) is 22.3. The second kappa shape index (κ2) is 12.4. The van der Waals surface area contributed by atoms with Crippen LogP contribution in [-0.4, -0.2) is 58.6 Å².